The Balaban J connectivity index is 1.46. The van der Waals surface area contributed by atoms with Gasteiger partial charge in [0.25, 0.3) is 0 Å². The number of sulfonamides is 1. The molecule has 0 unspecified atom stereocenters. The van der Waals surface area contributed by atoms with Crippen LogP contribution in [0, 0.1) is 5.92 Å². The molecule has 2 aliphatic rings. The molecule has 2 fully saturated rings. The minimum atomic E-state index is -3.52. The van der Waals surface area contributed by atoms with Gasteiger partial charge in [0, 0.05) is 12.5 Å². The molecule has 0 radical (unpaired) electrons. The van der Waals surface area contributed by atoms with Crippen LogP contribution in [0.25, 0.3) is 0 Å². The summed E-state index contributed by atoms with van der Waals surface area (Å²) >= 11 is 0. The number of rotatable bonds is 9. The third-order valence-corrected chi connectivity index (χ3v) is 6.41. The van der Waals surface area contributed by atoms with E-state index in [9.17, 15) is 18.3 Å². The van der Waals surface area contributed by atoms with Crippen LogP contribution >= 0.6 is 0 Å². The Hall–Kier alpha value is -1.48. The van der Waals surface area contributed by atoms with Crippen molar-refractivity contribution in [1.82, 2.24) is 10.0 Å². The van der Waals surface area contributed by atoms with E-state index in [-0.39, 0.29) is 30.3 Å². The molecule has 27 heavy (non-hydrogen) atoms. The van der Waals surface area contributed by atoms with Crippen molar-refractivity contribution in [2.24, 2.45) is 5.92 Å². The molecule has 0 spiro atoms. The SMILES string of the molecule is O=C(NCC[C@@H]1CC[C@@H](NS(=O)(=O)Cc2ccccc2)[C@H](CO)O1)C1CC1. The molecule has 8 heteroatoms. The summed E-state index contributed by atoms with van der Waals surface area (Å²) in [7, 11) is -3.52. The zero-order valence-electron chi connectivity index (χ0n) is 15.3. The fourth-order valence-corrected chi connectivity index (χ4v) is 4.84. The molecule has 0 bridgehead atoms. The van der Waals surface area contributed by atoms with Crippen LogP contribution in [0.3, 0.4) is 0 Å². The Kier molecular flexibility index (Phi) is 6.86. The van der Waals surface area contributed by atoms with Crippen molar-refractivity contribution in [2.75, 3.05) is 13.2 Å². The molecule has 1 aromatic rings. The molecule has 3 atom stereocenters. The van der Waals surface area contributed by atoms with E-state index in [1.165, 1.54) is 0 Å². The lowest BCUT2D eigenvalue weighted by atomic mass is 9.98. The average molecular weight is 397 g/mol. The first-order valence-corrected chi connectivity index (χ1v) is 11.2. The van der Waals surface area contributed by atoms with Crippen molar-refractivity contribution in [1.29, 1.82) is 0 Å². The second-order valence-corrected chi connectivity index (χ2v) is 9.13. The van der Waals surface area contributed by atoms with Gasteiger partial charge in [-0.3, -0.25) is 4.79 Å². The number of benzene rings is 1. The van der Waals surface area contributed by atoms with Crippen LogP contribution in [0.1, 0.15) is 37.7 Å². The quantitative estimate of drug-likeness (QED) is 0.576. The summed E-state index contributed by atoms with van der Waals surface area (Å²) in [6.45, 7) is 0.298. The third-order valence-electron chi connectivity index (χ3n) is 5.04. The normalized spacial score (nSPS) is 25.9. The van der Waals surface area contributed by atoms with Crippen molar-refractivity contribution in [3.05, 3.63) is 35.9 Å². The van der Waals surface area contributed by atoms with E-state index in [0.717, 1.165) is 12.8 Å². The first kappa shape index (κ1) is 20.3. The van der Waals surface area contributed by atoms with Crippen molar-refractivity contribution in [3.63, 3.8) is 0 Å². The maximum atomic E-state index is 12.4. The van der Waals surface area contributed by atoms with Crippen molar-refractivity contribution in [2.45, 2.75) is 56.1 Å². The van der Waals surface area contributed by atoms with E-state index in [1.54, 1.807) is 24.3 Å². The molecule has 1 aliphatic heterocycles. The lowest BCUT2D eigenvalue weighted by molar-refractivity contribution is -0.122. The predicted molar refractivity (Wildman–Crippen MR) is 101 cm³/mol. The van der Waals surface area contributed by atoms with Crippen molar-refractivity contribution >= 4 is 15.9 Å². The summed E-state index contributed by atoms with van der Waals surface area (Å²) in [5.74, 6) is 0.195. The smallest absolute Gasteiger partial charge is 0.223 e. The largest absolute Gasteiger partial charge is 0.394 e. The van der Waals surface area contributed by atoms with Gasteiger partial charge in [-0.05, 0) is 37.7 Å². The van der Waals surface area contributed by atoms with Gasteiger partial charge < -0.3 is 15.2 Å². The van der Waals surface area contributed by atoms with Crippen LogP contribution in [0.2, 0.25) is 0 Å². The van der Waals surface area contributed by atoms with Crippen LogP contribution in [-0.2, 0) is 25.3 Å². The molecule has 1 aromatic carbocycles. The Labute approximate surface area is 160 Å². The van der Waals surface area contributed by atoms with E-state index in [2.05, 4.69) is 10.0 Å². The Morgan fingerprint density at radius 1 is 1.15 bits per heavy atom. The Bertz CT molecular complexity index is 721. The van der Waals surface area contributed by atoms with Gasteiger partial charge in [-0.25, -0.2) is 13.1 Å². The average Bonchev–Trinajstić information content (AvgIpc) is 3.48. The second kappa shape index (κ2) is 9.14. The van der Waals surface area contributed by atoms with Crippen LogP contribution in [-0.4, -0.2) is 50.8 Å². The molecule has 7 nitrogen and oxygen atoms in total. The van der Waals surface area contributed by atoms with Crippen molar-refractivity contribution in [3.8, 4) is 0 Å². The summed E-state index contributed by atoms with van der Waals surface area (Å²) < 4.78 is 33.4. The van der Waals surface area contributed by atoms with Gasteiger partial charge in [0.1, 0.15) is 0 Å². The van der Waals surface area contributed by atoms with Gasteiger partial charge in [0.05, 0.1) is 30.6 Å². The first-order valence-electron chi connectivity index (χ1n) is 9.55. The fourth-order valence-electron chi connectivity index (χ4n) is 3.39. The van der Waals surface area contributed by atoms with Gasteiger partial charge >= 0.3 is 0 Å². The number of aliphatic hydroxyl groups is 1. The first-order chi connectivity index (χ1) is 13.0. The van der Waals surface area contributed by atoms with Gasteiger partial charge in [-0.1, -0.05) is 30.3 Å². The van der Waals surface area contributed by atoms with E-state index in [4.69, 9.17) is 4.74 Å². The molecule has 1 heterocycles. The molecule has 1 saturated carbocycles. The van der Waals surface area contributed by atoms with Crippen LogP contribution in [0.4, 0.5) is 0 Å². The number of hydrogen-bond donors (Lipinski definition) is 3. The number of hydrogen-bond acceptors (Lipinski definition) is 5. The highest BCUT2D eigenvalue weighted by atomic mass is 32.2. The van der Waals surface area contributed by atoms with Crippen LogP contribution in [0.5, 0.6) is 0 Å². The minimum absolute atomic E-state index is 0.0865. The summed E-state index contributed by atoms with van der Waals surface area (Å²) in [5, 5.41) is 12.5. The zero-order valence-corrected chi connectivity index (χ0v) is 16.2. The van der Waals surface area contributed by atoms with E-state index in [0.29, 0.717) is 31.4 Å². The lowest BCUT2D eigenvalue weighted by Gasteiger charge is -2.36. The standard InChI is InChI=1S/C19H28N2O5S/c22-12-18-17(21-27(24,25)13-14-4-2-1-3-5-14)9-8-16(26-18)10-11-20-19(23)15-6-7-15/h1-5,15-18,21-22H,6-13H2,(H,20,23)/t16-,17+,18-/m0/s1. The Morgan fingerprint density at radius 3 is 2.56 bits per heavy atom. The van der Waals surface area contributed by atoms with Crippen LogP contribution in [0.15, 0.2) is 30.3 Å². The molecule has 0 aromatic heterocycles. The highest BCUT2D eigenvalue weighted by molar-refractivity contribution is 7.88. The molecule has 1 amide bonds. The van der Waals surface area contributed by atoms with E-state index < -0.39 is 22.2 Å². The van der Waals surface area contributed by atoms with E-state index in [1.807, 2.05) is 6.07 Å². The highest BCUT2D eigenvalue weighted by Gasteiger charge is 2.34. The molecule has 3 rings (SSSR count). The molecule has 150 valence electrons. The molecular weight excluding hydrogens is 368 g/mol. The number of aliphatic hydroxyl groups excluding tert-OH is 1. The number of carbonyl (C=O) groups is 1. The summed E-state index contributed by atoms with van der Waals surface area (Å²) in [6.07, 6.45) is 3.24. The monoisotopic (exact) mass is 396 g/mol. The summed E-state index contributed by atoms with van der Waals surface area (Å²) in [6, 6.07) is 8.54. The molecule has 3 N–H and O–H groups in total. The molecular formula is C19H28N2O5S. The maximum absolute atomic E-state index is 12.4. The van der Waals surface area contributed by atoms with Crippen molar-refractivity contribution < 1.29 is 23.1 Å². The molecule has 1 saturated heterocycles. The highest BCUT2D eigenvalue weighted by Crippen LogP contribution is 2.29. The zero-order chi connectivity index (χ0) is 19.3. The van der Waals surface area contributed by atoms with Gasteiger partial charge in [0.2, 0.25) is 15.9 Å². The Morgan fingerprint density at radius 2 is 1.89 bits per heavy atom. The number of carbonyl (C=O) groups excluding carboxylic acids is 1. The minimum Gasteiger partial charge on any atom is -0.394 e. The number of amides is 1. The predicted octanol–water partition coefficient (Wildman–Crippen LogP) is 0.931. The van der Waals surface area contributed by atoms with Gasteiger partial charge in [-0.2, -0.15) is 0 Å². The number of ether oxygens (including phenoxy) is 1. The number of nitrogens with one attached hydrogen (secondary N) is 2. The fraction of sp³-hybridized carbons (Fsp3) is 0.632. The second-order valence-electron chi connectivity index (χ2n) is 7.38. The summed E-state index contributed by atoms with van der Waals surface area (Å²) in [5.41, 5.74) is 0.714. The molecule has 1 aliphatic carbocycles. The lowest BCUT2D eigenvalue weighted by Crippen LogP contribution is -2.51. The summed E-state index contributed by atoms with van der Waals surface area (Å²) in [4.78, 5) is 11.7. The van der Waals surface area contributed by atoms with E-state index >= 15 is 0 Å². The van der Waals surface area contributed by atoms with Gasteiger partial charge in [0.15, 0.2) is 0 Å². The topological polar surface area (TPSA) is 105 Å². The van der Waals surface area contributed by atoms with Gasteiger partial charge in [-0.15, -0.1) is 0 Å². The third kappa shape index (κ3) is 6.27. The maximum Gasteiger partial charge on any atom is 0.223 e. The van der Waals surface area contributed by atoms with Crippen LogP contribution < -0.4 is 10.0 Å².